The van der Waals surface area contributed by atoms with Gasteiger partial charge in [0.05, 0.1) is 11.7 Å². The van der Waals surface area contributed by atoms with E-state index in [9.17, 15) is 0 Å². The molecule has 0 amide bonds. The van der Waals surface area contributed by atoms with Crippen LogP contribution in [0.2, 0.25) is 0 Å². The van der Waals surface area contributed by atoms with Crippen molar-refractivity contribution in [2.45, 2.75) is 58.2 Å². The van der Waals surface area contributed by atoms with E-state index in [1.807, 2.05) is 0 Å². The van der Waals surface area contributed by atoms with Crippen molar-refractivity contribution in [1.29, 1.82) is 0 Å². The monoisotopic (exact) mass is 154 g/mol. The fourth-order valence-corrected chi connectivity index (χ4v) is 2.48. The highest BCUT2D eigenvalue weighted by molar-refractivity contribution is 5.11. The van der Waals surface area contributed by atoms with Crippen LogP contribution in [0.15, 0.2) is 0 Å². The molecule has 0 aromatic heterocycles. The molecule has 2 rings (SSSR count). The maximum Gasteiger partial charge on any atom is 0.0996 e. The molecule has 1 saturated heterocycles. The summed E-state index contributed by atoms with van der Waals surface area (Å²) >= 11 is 0. The molecule has 0 bridgehead atoms. The van der Waals surface area contributed by atoms with Crippen molar-refractivity contribution in [3.8, 4) is 0 Å². The number of epoxide rings is 1. The van der Waals surface area contributed by atoms with Gasteiger partial charge in [0.25, 0.3) is 0 Å². The van der Waals surface area contributed by atoms with Crippen molar-refractivity contribution in [3.05, 3.63) is 0 Å². The van der Waals surface area contributed by atoms with E-state index >= 15 is 0 Å². The summed E-state index contributed by atoms with van der Waals surface area (Å²) in [6.45, 7) is 6.91. The summed E-state index contributed by atoms with van der Waals surface area (Å²) < 4.78 is 5.83. The van der Waals surface area contributed by atoms with Crippen LogP contribution < -0.4 is 0 Å². The number of rotatable bonds is 0. The third kappa shape index (κ3) is 0.936. The van der Waals surface area contributed by atoms with E-state index in [2.05, 4.69) is 20.8 Å². The summed E-state index contributed by atoms with van der Waals surface area (Å²) in [5.74, 6) is 0. The smallest absolute Gasteiger partial charge is 0.0996 e. The van der Waals surface area contributed by atoms with Crippen LogP contribution >= 0.6 is 0 Å². The van der Waals surface area contributed by atoms with Crippen molar-refractivity contribution < 1.29 is 4.74 Å². The molecule has 11 heavy (non-hydrogen) atoms. The summed E-state index contributed by atoms with van der Waals surface area (Å²) in [6, 6.07) is 0. The van der Waals surface area contributed by atoms with Crippen molar-refractivity contribution in [3.63, 3.8) is 0 Å². The molecule has 1 aliphatic heterocycles. The summed E-state index contributed by atoms with van der Waals surface area (Å²) in [5.41, 5.74) is 0.642. The van der Waals surface area contributed by atoms with E-state index in [1.54, 1.807) is 0 Å². The van der Waals surface area contributed by atoms with Crippen molar-refractivity contribution >= 4 is 0 Å². The minimum Gasteiger partial charge on any atom is -0.365 e. The largest absolute Gasteiger partial charge is 0.365 e. The molecule has 0 aromatic carbocycles. The molecular weight excluding hydrogens is 136 g/mol. The van der Waals surface area contributed by atoms with Crippen LogP contribution in [0.5, 0.6) is 0 Å². The highest BCUT2D eigenvalue weighted by Gasteiger charge is 2.63. The van der Waals surface area contributed by atoms with Gasteiger partial charge < -0.3 is 4.74 Å². The molecule has 1 heterocycles. The maximum atomic E-state index is 5.83. The SMILES string of the molecule is CC(C)(C)[C@@]12CCCC[C@@H]1O2. The fraction of sp³-hybridized carbons (Fsp3) is 1.00. The topological polar surface area (TPSA) is 12.5 Å². The quantitative estimate of drug-likeness (QED) is 0.489. The molecule has 0 N–H and O–H groups in total. The van der Waals surface area contributed by atoms with E-state index in [1.165, 1.54) is 25.7 Å². The Hall–Kier alpha value is -0.0400. The van der Waals surface area contributed by atoms with E-state index < -0.39 is 0 Å². The van der Waals surface area contributed by atoms with Crippen molar-refractivity contribution in [1.82, 2.24) is 0 Å². The van der Waals surface area contributed by atoms with Gasteiger partial charge in [-0.1, -0.05) is 33.6 Å². The summed E-state index contributed by atoms with van der Waals surface area (Å²) in [6.07, 6.45) is 5.95. The molecule has 0 radical (unpaired) electrons. The number of ether oxygens (including phenoxy) is 1. The number of fused-ring (bicyclic) bond motifs is 1. The summed E-state index contributed by atoms with van der Waals surface area (Å²) in [7, 11) is 0. The molecule has 0 unspecified atom stereocenters. The van der Waals surface area contributed by atoms with Gasteiger partial charge in [0.1, 0.15) is 0 Å². The molecule has 2 fully saturated rings. The lowest BCUT2D eigenvalue weighted by atomic mass is 9.72. The zero-order valence-corrected chi connectivity index (χ0v) is 7.81. The molecule has 1 saturated carbocycles. The van der Waals surface area contributed by atoms with Crippen LogP contribution in [0.3, 0.4) is 0 Å². The van der Waals surface area contributed by atoms with Gasteiger partial charge >= 0.3 is 0 Å². The van der Waals surface area contributed by atoms with Crippen LogP contribution in [-0.2, 0) is 4.74 Å². The lowest BCUT2D eigenvalue weighted by Gasteiger charge is -2.30. The first-order valence-electron chi connectivity index (χ1n) is 4.74. The first-order chi connectivity index (χ1) is 5.06. The molecule has 1 aliphatic carbocycles. The Morgan fingerprint density at radius 1 is 1.27 bits per heavy atom. The summed E-state index contributed by atoms with van der Waals surface area (Å²) in [5, 5.41) is 0. The molecular formula is C10H18O. The van der Waals surface area contributed by atoms with Gasteiger partial charge in [-0.25, -0.2) is 0 Å². The number of hydrogen-bond acceptors (Lipinski definition) is 1. The second-order valence-corrected chi connectivity index (χ2v) is 4.99. The highest BCUT2D eigenvalue weighted by Crippen LogP contribution is 2.57. The Kier molecular flexibility index (Phi) is 1.39. The molecule has 2 aliphatic rings. The Bertz CT molecular complexity index is 168. The second-order valence-electron chi connectivity index (χ2n) is 4.99. The average molecular weight is 154 g/mol. The van der Waals surface area contributed by atoms with E-state index in [0.717, 1.165) is 0 Å². The standard InChI is InChI=1S/C10H18O/c1-9(2,3)10-7-5-4-6-8(10)11-10/h8H,4-7H2,1-3H3/t8-,10+/m0/s1. The van der Waals surface area contributed by atoms with Crippen LogP contribution in [0.1, 0.15) is 46.5 Å². The average Bonchev–Trinajstić information content (AvgIpc) is 2.59. The maximum absolute atomic E-state index is 5.83. The molecule has 2 atom stereocenters. The van der Waals surface area contributed by atoms with E-state index in [0.29, 0.717) is 11.5 Å². The molecule has 64 valence electrons. The third-order valence-electron chi connectivity index (χ3n) is 3.35. The third-order valence-corrected chi connectivity index (χ3v) is 3.35. The Labute approximate surface area is 69.1 Å². The van der Waals surface area contributed by atoms with Gasteiger partial charge in [-0.05, 0) is 18.3 Å². The molecule has 1 nitrogen and oxygen atoms in total. The van der Waals surface area contributed by atoms with Crippen LogP contribution in [0, 0.1) is 5.41 Å². The van der Waals surface area contributed by atoms with E-state index in [4.69, 9.17) is 4.74 Å². The highest BCUT2D eigenvalue weighted by atomic mass is 16.6. The zero-order chi connectivity index (χ0) is 8.11. The first-order valence-corrected chi connectivity index (χ1v) is 4.74. The Balaban J connectivity index is 2.13. The second kappa shape index (κ2) is 2.01. The van der Waals surface area contributed by atoms with Gasteiger partial charge in [-0.15, -0.1) is 0 Å². The fourth-order valence-electron chi connectivity index (χ4n) is 2.48. The normalized spacial score (nSPS) is 43.4. The predicted octanol–water partition coefficient (Wildman–Crippen LogP) is 2.74. The minimum atomic E-state index is 0.283. The Morgan fingerprint density at radius 3 is 2.45 bits per heavy atom. The molecule has 1 heteroatoms. The van der Waals surface area contributed by atoms with Gasteiger partial charge in [0.15, 0.2) is 0 Å². The van der Waals surface area contributed by atoms with Crippen LogP contribution in [0.25, 0.3) is 0 Å². The molecule has 0 spiro atoms. The van der Waals surface area contributed by atoms with Gasteiger partial charge in [-0.2, -0.15) is 0 Å². The van der Waals surface area contributed by atoms with Crippen LogP contribution in [-0.4, -0.2) is 11.7 Å². The molecule has 0 aromatic rings. The Morgan fingerprint density at radius 2 is 2.00 bits per heavy atom. The van der Waals surface area contributed by atoms with Crippen molar-refractivity contribution in [2.24, 2.45) is 5.41 Å². The summed E-state index contributed by atoms with van der Waals surface area (Å²) in [4.78, 5) is 0. The predicted molar refractivity (Wildman–Crippen MR) is 45.5 cm³/mol. The van der Waals surface area contributed by atoms with Gasteiger partial charge in [-0.3, -0.25) is 0 Å². The van der Waals surface area contributed by atoms with Crippen LogP contribution in [0.4, 0.5) is 0 Å². The van der Waals surface area contributed by atoms with E-state index in [-0.39, 0.29) is 5.60 Å². The van der Waals surface area contributed by atoms with Gasteiger partial charge in [0, 0.05) is 0 Å². The van der Waals surface area contributed by atoms with Gasteiger partial charge in [0.2, 0.25) is 0 Å². The lowest BCUT2D eigenvalue weighted by Crippen LogP contribution is -2.34. The number of hydrogen-bond donors (Lipinski definition) is 0. The minimum absolute atomic E-state index is 0.283. The zero-order valence-electron chi connectivity index (χ0n) is 7.81. The van der Waals surface area contributed by atoms with Crippen molar-refractivity contribution in [2.75, 3.05) is 0 Å². The lowest BCUT2D eigenvalue weighted by molar-refractivity contribution is 0.143. The first kappa shape index (κ1) is 7.60.